The summed E-state index contributed by atoms with van der Waals surface area (Å²) >= 11 is 0. The number of hydrogen-bond donors (Lipinski definition) is 2. The molecule has 0 aliphatic heterocycles. The Morgan fingerprint density at radius 2 is 2.09 bits per heavy atom. The normalized spacial score (nSPS) is 13.5. The van der Waals surface area contributed by atoms with Crippen LogP contribution in [0.15, 0.2) is 0 Å². The molecule has 66 valence electrons. The van der Waals surface area contributed by atoms with Gasteiger partial charge in [0.15, 0.2) is 0 Å². The maximum Gasteiger partial charge on any atom is 0.308 e. The van der Waals surface area contributed by atoms with Crippen LogP contribution in [-0.2, 0) is 4.79 Å². The minimum Gasteiger partial charge on any atom is -0.481 e. The molecule has 0 saturated carbocycles. The molecule has 3 nitrogen and oxygen atoms in total. The van der Waals surface area contributed by atoms with Gasteiger partial charge in [0.05, 0.1) is 5.92 Å². The Morgan fingerprint density at radius 3 is 2.36 bits per heavy atom. The molecule has 0 radical (unpaired) electrons. The summed E-state index contributed by atoms with van der Waals surface area (Å²) in [5.74, 6) is -0.762. The van der Waals surface area contributed by atoms with Gasteiger partial charge >= 0.3 is 5.97 Å². The molecule has 0 aromatic carbocycles. The van der Waals surface area contributed by atoms with Crippen LogP contribution in [0.25, 0.3) is 0 Å². The summed E-state index contributed by atoms with van der Waals surface area (Å²) in [6.07, 6.45) is 0. The average Bonchev–Trinajstić information content (AvgIpc) is 1.87. The quantitative estimate of drug-likeness (QED) is 0.628. The molecule has 0 heterocycles. The summed E-state index contributed by atoms with van der Waals surface area (Å²) in [6, 6.07) is 0. The smallest absolute Gasteiger partial charge is 0.308 e. The van der Waals surface area contributed by atoms with E-state index in [-0.39, 0.29) is 11.8 Å². The van der Waals surface area contributed by atoms with Crippen LogP contribution in [0, 0.1) is 11.8 Å². The Hall–Kier alpha value is -0.570. The molecular weight excluding hydrogens is 142 g/mol. The van der Waals surface area contributed by atoms with Gasteiger partial charge in [-0.05, 0) is 12.5 Å². The van der Waals surface area contributed by atoms with Gasteiger partial charge in [0.25, 0.3) is 0 Å². The molecule has 0 saturated heterocycles. The molecule has 0 aromatic rings. The fourth-order valence-corrected chi connectivity index (χ4v) is 0.908. The zero-order valence-electron chi connectivity index (χ0n) is 7.42. The second kappa shape index (κ2) is 5.13. The molecular formula is C8H17NO2. The highest BCUT2D eigenvalue weighted by atomic mass is 16.4. The predicted octanol–water partition coefficient (Wildman–Crippen LogP) is 0.953. The Kier molecular flexibility index (Phi) is 4.86. The van der Waals surface area contributed by atoms with E-state index in [1.54, 1.807) is 0 Å². The fraction of sp³-hybridized carbons (Fsp3) is 0.875. The summed E-state index contributed by atoms with van der Waals surface area (Å²) < 4.78 is 0. The van der Waals surface area contributed by atoms with E-state index in [0.29, 0.717) is 6.54 Å². The summed E-state index contributed by atoms with van der Waals surface area (Å²) in [6.45, 7) is 7.23. The van der Waals surface area contributed by atoms with Gasteiger partial charge in [-0.25, -0.2) is 0 Å². The van der Waals surface area contributed by atoms with E-state index in [2.05, 4.69) is 5.32 Å². The van der Waals surface area contributed by atoms with E-state index in [0.717, 1.165) is 6.54 Å². The van der Waals surface area contributed by atoms with E-state index in [1.807, 2.05) is 20.8 Å². The van der Waals surface area contributed by atoms with Crippen molar-refractivity contribution in [1.29, 1.82) is 0 Å². The first-order valence-corrected chi connectivity index (χ1v) is 4.03. The zero-order chi connectivity index (χ0) is 8.85. The van der Waals surface area contributed by atoms with Gasteiger partial charge in [0.1, 0.15) is 0 Å². The topological polar surface area (TPSA) is 49.3 Å². The third-order valence-electron chi connectivity index (χ3n) is 1.74. The molecule has 0 amide bonds. The first-order valence-electron chi connectivity index (χ1n) is 4.03. The third-order valence-corrected chi connectivity index (χ3v) is 1.74. The van der Waals surface area contributed by atoms with Crippen LogP contribution >= 0.6 is 0 Å². The van der Waals surface area contributed by atoms with Gasteiger partial charge in [0.2, 0.25) is 0 Å². The van der Waals surface area contributed by atoms with Gasteiger partial charge in [0, 0.05) is 6.54 Å². The Morgan fingerprint density at radius 1 is 1.55 bits per heavy atom. The average molecular weight is 159 g/mol. The summed E-state index contributed by atoms with van der Waals surface area (Å²) in [4.78, 5) is 10.6. The van der Waals surface area contributed by atoms with Crippen molar-refractivity contribution in [2.45, 2.75) is 20.8 Å². The van der Waals surface area contributed by atoms with Gasteiger partial charge in [-0.15, -0.1) is 0 Å². The molecule has 0 bridgehead atoms. The summed E-state index contributed by atoms with van der Waals surface area (Å²) in [5.41, 5.74) is 0. The van der Waals surface area contributed by atoms with Crippen molar-refractivity contribution in [3.63, 3.8) is 0 Å². The molecule has 0 aliphatic carbocycles. The van der Waals surface area contributed by atoms with Crippen LogP contribution in [0.2, 0.25) is 0 Å². The maximum absolute atomic E-state index is 10.6. The van der Waals surface area contributed by atoms with Crippen molar-refractivity contribution in [2.75, 3.05) is 13.1 Å². The lowest BCUT2D eigenvalue weighted by Gasteiger charge is -2.15. The highest BCUT2D eigenvalue weighted by Crippen LogP contribution is 2.09. The largest absolute Gasteiger partial charge is 0.481 e. The van der Waals surface area contributed by atoms with Crippen molar-refractivity contribution in [2.24, 2.45) is 11.8 Å². The van der Waals surface area contributed by atoms with Crippen LogP contribution in [0.3, 0.4) is 0 Å². The van der Waals surface area contributed by atoms with E-state index < -0.39 is 5.97 Å². The minimum atomic E-state index is -0.707. The molecule has 1 atom stereocenters. The van der Waals surface area contributed by atoms with Crippen molar-refractivity contribution < 1.29 is 9.90 Å². The maximum atomic E-state index is 10.6. The van der Waals surface area contributed by atoms with Crippen LogP contribution in [0.5, 0.6) is 0 Å². The highest BCUT2D eigenvalue weighted by Gasteiger charge is 2.19. The Labute approximate surface area is 67.8 Å². The van der Waals surface area contributed by atoms with E-state index in [4.69, 9.17) is 5.11 Å². The fourth-order valence-electron chi connectivity index (χ4n) is 0.908. The number of hydrogen-bond acceptors (Lipinski definition) is 2. The molecule has 0 aromatic heterocycles. The number of carbonyl (C=O) groups is 1. The third kappa shape index (κ3) is 3.98. The van der Waals surface area contributed by atoms with Gasteiger partial charge in [-0.3, -0.25) is 4.79 Å². The number of rotatable bonds is 5. The van der Waals surface area contributed by atoms with Gasteiger partial charge < -0.3 is 10.4 Å². The van der Waals surface area contributed by atoms with Crippen molar-refractivity contribution in [3.8, 4) is 0 Å². The Balaban J connectivity index is 3.80. The van der Waals surface area contributed by atoms with Gasteiger partial charge in [-0.1, -0.05) is 20.8 Å². The molecule has 0 rings (SSSR count). The van der Waals surface area contributed by atoms with Crippen molar-refractivity contribution in [3.05, 3.63) is 0 Å². The Bertz CT molecular complexity index is 123. The van der Waals surface area contributed by atoms with Crippen LogP contribution < -0.4 is 5.32 Å². The highest BCUT2D eigenvalue weighted by molar-refractivity contribution is 5.70. The number of carboxylic acids is 1. The van der Waals surface area contributed by atoms with Crippen molar-refractivity contribution >= 4 is 5.97 Å². The predicted molar refractivity (Wildman–Crippen MR) is 44.5 cm³/mol. The standard InChI is InChI=1S/C8H17NO2/c1-4-9-5-7(6(2)3)8(10)11/h6-7,9H,4-5H2,1-3H3,(H,10,11). The van der Waals surface area contributed by atoms with Crippen molar-refractivity contribution in [1.82, 2.24) is 5.32 Å². The summed E-state index contributed by atoms with van der Waals surface area (Å²) in [7, 11) is 0. The lowest BCUT2D eigenvalue weighted by molar-refractivity contribution is -0.143. The second-order valence-electron chi connectivity index (χ2n) is 3.00. The summed E-state index contributed by atoms with van der Waals surface area (Å²) in [5, 5.41) is 11.8. The van der Waals surface area contributed by atoms with E-state index >= 15 is 0 Å². The molecule has 2 N–H and O–H groups in total. The monoisotopic (exact) mass is 159 g/mol. The molecule has 0 fully saturated rings. The number of carboxylic acid groups (broad SMARTS) is 1. The minimum absolute atomic E-state index is 0.201. The molecule has 1 unspecified atom stereocenters. The van der Waals surface area contributed by atoms with Crippen LogP contribution in [0.1, 0.15) is 20.8 Å². The number of aliphatic carboxylic acids is 1. The molecule has 3 heteroatoms. The SMILES string of the molecule is CCNCC(C(=O)O)C(C)C. The lowest BCUT2D eigenvalue weighted by Crippen LogP contribution is -2.31. The molecule has 11 heavy (non-hydrogen) atoms. The van der Waals surface area contributed by atoms with Crippen LogP contribution in [-0.4, -0.2) is 24.2 Å². The van der Waals surface area contributed by atoms with E-state index in [9.17, 15) is 4.79 Å². The zero-order valence-corrected chi connectivity index (χ0v) is 7.42. The van der Waals surface area contributed by atoms with Gasteiger partial charge in [-0.2, -0.15) is 0 Å². The number of nitrogens with one attached hydrogen (secondary N) is 1. The molecule has 0 spiro atoms. The lowest BCUT2D eigenvalue weighted by atomic mass is 9.96. The van der Waals surface area contributed by atoms with E-state index in [1.165, 1.54) is 0 Å². The first kappa shape index (κ1) is 10.4. The van der Waals surface area contributed by atoms with Crippen LogP contribution in [0.4, 0.5) is 0 Å². The second-order valence-corrected chi connectivity index (χ2v) is 3.00. The molecule has 0 aliphatic rings. The first-order chi connectivity index (χ1) is 5.09.